The maximum atomic E-state index is 14.1. The molecule has 1 aliphatic heterocycles. The molecule has 0 atom stereocenters. The Kier molecular flexibility index (Phi) is 5.38. The molecule has 5 rings (SSSR count). The molecule has 0 N–H and O–H groups in total. The Bertz CT molecular complexity index is 1550. The summed E-state index contributed by atoms with van der Waals surface area (Å²) in [5, 5.41) is 0. The van der Waals surface area contributed by atoms with Gasteiger partial charge in [0, 0.05) is 19.2 Å². The third-order valence-electron chi connectivity index (χ3n) is 5.73. The predicted molar refractivity (Wildman–Crippen MR) is 126 cm³/mol. The van der Waals surface area contributed by atoms with Gasteiger partial charge in [0.25, 0.3) is 15.9 Å². The highest BCUT2D eigenvalue weighted by Gasteiger charge is 2.29. The molecular formula is C24H20FN3O3S2. The number of aromatic nitrogens is 1. The summed E-state index contributed by atoms with van der Waals surface area (Å²) >= 11 is 1.21. The maximum Gasteiger partial charge on any atom is 0.279 e. The smallest absolute Gasteiger partial charge is 0.279 e. The van der Waals surface area contributed by atoms with E-state index in [0.29, 0.717) is 27.3 Å². The van der Waals surface area contributed by atoms with Crippen LogP contribution in [0.4, 0.5) is 10.1 Å². The molecule has 0 unspecified atom stereocenters. The highest BCUT2D eigenvalue weighted by atomic mass is 32.2. The standard InChI is InChI=1S/C24H20FN3O3S2/c1-27-22-19(25)8-4-10-21(22)32-24(27)26-23(29)17-11-13-18(14-12-17)33(30,31)28-15-5-7-16-6-2-3-9-20(16)28/h2-4,6,8-14H,5,7,15H2,1H3. The van der Waals surface area contributed by atoms with Gasteiger partial charge in [0.1, 0.15) is 5.82 Å². The molecule has 0 radical (unpaired) electrons. The summed E-state index contributed by atoms with van der Waals surface area (Å²) in [6.45, 7) is 0.411. The number of para-hydroxylation sites is 2. The molecule has 168 valence electrons. The fraction of sp³-hybridized carbons (Fsp3) is 0.167. The number of fused-ring (bicyclic) bond motifs is 2. The van der Waals surface area contributed by atoms with Gasteiger partial charge in [0.05, 0.1) is 20.8 Å². The molecule has 2 heterocycles. The van der Waals surface area contributed by atoms with Crippen LogP contribution in [0, 0.1) is 5.82 Å². The van der Waals surface area contributed by atoms with E-state index in [-0.39, 0.29) is 16.3 Å². The van der Waals surface area contributed by atoms with Gasteiger partial charge < -0.3 is 4.57 Å². The number of hydrogen-bond donors (Lipinski definition) is 0. The lowest BCUT2D eigenvalue weighted by molar-refractivity contribution is 0.0998. The van der Waals surface area contributed by atoms with Gasteiger partial charge in [-0.25, -0.2) is 12.8 Å². The van der Waals surface area contributed by atoms with Crippen molar-refractivity contribution in [3.63, 3.8) is 0 Å². The van der Waals surface area contributed by atoms with Crippen LogP contribution >= 0.6 is 11.3 Å². The van der Waals surface area contributed by atoms with E-state index in [4.69, 9.17) is 0 Å². The number of carbonyl (C=O) groups is 1. The zero-order valence-corrected chi connectivity index (χ0v) is 19.4. The molecule has 1 aromatic heterocycles. The van der Waals surface area contributed by atoms with Crippen LogP contribution in [-0.2, 0) is 23.5 Å². The molecule has 9 heteroatoms. The Labute approximate surface area is 194 Å². The van der Waals surface area contributed by atoms with Crippen molar-refractivity contribution in [1.29, 1.82) is 0 Å². The van der Waals surface area contributed by atoms with E-state index >= 15 is 0 Å². The number of halogens is 1. The van der Waals surface area contributed by atoms with Gasteiger partial charge in [-0.05, 0) is 60.9 Å². The molecule has 1 amide bonds. The second kappa shape index (κ2) is 8.24. The Morgan fingerprint density at radius 2 is 1.79 bits per heavy atom. The molecule has 1 aliphatic rings. The quantitative estimate of drug-likeness (QED) is 0.439. The largest absolute Gasteiger partial charge is 0.317 e. The second-order valence-electron chi connectivity index (χ2n) is 7.78. The van der Waals surface area contributed by atoms with Gasteiger partial charge in [-0.2, -0.15) is 4.99 Å². The Morgan fingerprint density at radius 3 is 2.55 bits per heavy atom. The Morgan fingerprint density at radius 1 is 1.03 bits per heavy atom. The number of rotatable bonds is 3. The highest BCUT2D eigenvalue weighted by Crippen LogP contribution is 2.31. The van der Waals surface area contributed by atoms with Crippen molar-refractivity contribution in [2.45, 2.75) is 17.7 Å². The van der Waals surface area contributed by atoms with Crippen LogP contribution in [-0.4, -0.2) is 25.4 Å². The average molecular weight is 482 g/mol. The van der Waals surface area contributed by atoms with Crippen LogP contribution in [0.25, 0.3) is 10.2 Å². The van der Waals surface area contributed by atoms with E-state index in [9.17, 15) is 17.6 Å². The van der Waals surface area contributed by atoms with Gasteiger partial charge in [0.2, 0.25) is 0 Å². The second-order valence-corrected chi connectivity index (χ2v) is 10.7. The maximum absolute atomic E-state index is 14.1. The fourth-order valence-electron chi connectivity index (χ4n) is 4.06. The number of anilines is 1. The van der Waals surface area contributed by atoms with E-state index in [0.717, 1.165) is 18.4 Å². The van der Waals surface area contributed by atoms with Crippen LogP contribution in [0.5, 0.6) is 0 Å². The number of thiazole rings is 1. The van der Waals surface area contributed by atoms with Crippen molar-refractivity contribution in [3.05, 3.63) is 88.5 Å². The number of carbonyl (C=O) groups excluding carboxylic acids is 1. The summed E-state index contributed by atoms with van der Waals surface area (Å²) in [6, 6.07) is 18.0. The zero-order valence-electron chi connectivity index (χ0n) is 17.7. The van der Waals surface area contributed by atoms with Crippen molar-refractivity contribution in [1.82, 2.24) is 4.57 Å². The number of sulfonamides is 1. The summed E-state index contributed by atoms with van der Waals surface area (Å²) < 4.78 is 44.3. The molecule has 0 bridgehead atoms. The summed E-state index contributed by atoms with van der Waals surface area (Å²) in [5.41, 5.74) is 2.34. The molecule has 0 saturated heterocycles. The molecular weight excluding hydrogens is 461 g/mol. The van der Waals surface area contributed by atoms with Gasteiger partial charge in [-0.3, -0.25) is 9.10 Å². The minimum atomic E-state index is -3.76. The highest BCUT2D eigenvalue weighted by molar-refractivity contribution is 7.92. The minimum Gasteiger partial charge on any atom is -0.317 e. The first-order valence-electron chi connectivity index (χ1n) is 10.4. The third kappa shape index (κ3) is 3.77. The lowest BCUT2D eigenvalue weighted by Crippen LogP contribution is -2.35. The van der Waals surface area contributed by atoms with Gasteiger partial charge >= 0.3 is 0 Å². The molecule has 0 fully saturated rings. The minimum absolute atomic E-state index is 0.116. The average Bonchev–Trinajstić information content (AvgIpc) is 3.14. The molecule has 0 saturated carbocycles. The molecule has 3 aromatic carbocycles. The summed E-state index contributed by atoms with van der Waals surface area (Å²) in [5.74, 6) is -0.904. The Hall–Kier alpha value is -3.30. The van der Waals surface area contributed by atoms with E-state index in [2.05, 4.69) is 4.99 Å². The molecule has 6 nitrogen and oxygen atoms in total. The number of nitrogens with zero attached hydrogens (tertiary/aromatic N) is 3. The lowest BCUT2D eigenvalue weighted by Gasteiger charge is -2.30. The predicted octanol–water partition coefficient (Wildman–Crippen LogP) is 4.26. The fourth-order valence-corrected chi connectivity index (χ4v) is 6.63. The monoisotopic (exact) mass is 481 g/mol. The summed E-state index contributed by atoms with van der Waals surface area (Å²) in [7, 11) is -2.10. The van der Waals surface area contributed by atoms with Crippen molar-refractivity contribution in [3.8, 4) is 0 Å². The van der Waals surface area contributed by atoms with E-state index in [1.54, 1.807) is 23.7 Å². The third-order valence-corrected chi connectivity index (χ3v) is 8.65. The van der Waals surface area contributed by atoms with E-state index < -0.39 is 15.9 Å². The Balaban J connectivity index is 1.46. The van der Waals surface area contributed by atoms with Crippen molar-refractivity contribution in [2.24, 2.45) is 12.0 Å². The first-order valence-corrected chi connectivity index (χ1v) is 12.7. The lowest BCUT2D eigenvalue weighted by atomic mass is 10.0. The van der Waals surface area contributed by atoms with Gasteiger partial charge in [0.15, 0.2) is 4.80 Å². The normalized spacial score (nSPS) is 14.5. The zero-order chi connectivity index (χ0) is 23.2. The van der Waals surface area contributed by atoms with Crippen molar-refractivity contribution >= 4 is 43.2 Å². The first-order chi connectivity index (χ1) is 15.9. The summed E-state index contributed by atoms with van der Waals surface area (Å²) in [4.78, 5) is 17.3. The first kappa shape index (κ1) is 21.5. The molecule has 4 aromatic rings. The van der Waals surface area contributed by atoms with Crippen LogP contribution in [0.3, 0.4) is 0 Å². The van der Waals surface area contributed by atoms with Gasteiger partial charge in [-0.1, -0.05) is 35.6 Å². The van der Waals surface area contributed by atoms with Crippen molar-refractivity contribution < 1.29 is 17.6 Å². The summed E-state index contributed by atoms with van der Waals surface area (Å²) in [6.07, 6.45) is 1.59. The number of benzene rings is 3. The topological polar surface area (TPSA) is 71.7 Å². The van der Waals surface area contributed by atoms with Gasteiger partial charge in [-0.15, -0.1) is 0 Å². The molecule has 0 spiro atoms. The SMILES string of the molecule is Cn1c(=NC(=O)c2ccc(S(=O)(=O)N3CCCc4ccccc43)cc2)sc2cccc(F)c21. The van der Waals surface area contributed by atoms with Crippen LogP contribution in [0.15, 0.2) is 76.6 Å². The number of aryl methyl sites for hydroxylation is 2. The number of amides is 1. The van der Waals surface area contributed by atoms with Crippen LogP contribution in [0.1, 0.15) is 22.3 Å². The molecule has 33 heavy (non-hydrogen) atoms. The van der Waals surface area contributed by atoms with E-state index in [1.165, 1.54) is 46.0 Å². The van der Waals surface area contributed by atoms with Crippen LogP contribution < -0.4 is 9.11 Å². The van der Waals surface area contributed by atoms with E-state index in [1.807, 2.05) is 24.3 Å². The number of hydrogen-bond acceptors (Lipinski definition) is 4. The van der Waals surface area contributed by atoms with Crippen molar-refractivity contribution in [2.75, 3.05) is 10.8 Å². The molecule has 0 aliphatic carbocycles. The van der Waals surface area contributed by atoms with Crippen LogP contribution in [0.2, 0.25) is 0 Å².